The van der Waals surface area contributed by atoms with E-state index in [1.165, 1.54) is 12.1 Å². The monoisotopic (exact) mass is 672 g/mol. The number of carbonyl (C=O) groups is 2. The normalized spacial score (nSPS) is 25.0. The lowest BCUT2D eigenvalue weighted by atomic mass is 9.49. The second-order valence-electron chi connectivity index (χ2n) is 15.1. The summed E-state index contributed by atoms with van der Waals surface area (Å²) in [5.41, 5.74) is 4.95. The fourth-order valence-corrected chi connectivity index (χ4v) is 9.32. The third kappa shape index (κ3) is 7.14. The van der Waals surface area contributed by atoms with Crippen LogP contribution < -0.4 is 4.72 Å². The van der Waals surface area contributed by atoms with E-state index in [9.17, 15) is 18.0 Å². The number of aromatic nitrogens is 2. The molecule has 3 aromatic rings. The molecule has 10 heteroatoms. The highest BCUT2D eigenvalue weighted by molar-refractivity contribution is 7.92. The molecule has 0 saturated heterocycles. The van der Waals surface area contributed by atoms with Gasteiger partial charge in [0.15, 0.2) is 0 Å². The molecule has 0 radical (unpaired) electrons. The molecule has 2 aliphatic carbocycles. The van der Waals surface area contributed by atoms with Crippen LogP contribution in [0.1, 0.15) is 99.8 Å². The van der Waals surface area contributed by atoms with Crippen LogP contribution in [0.4, 0.5) is 5.95 Å². The number of fused-ring (bicyclic) bond motifs is 4. The molecule has 1 amide bonds. The predicted molar refractivity (Wildman–Crippen MR) is 186 cm³/mol. The first-order valence-electron chi connectivity index (χ1n) is 17.3. The largest absolute Gasteiger partial charge is 0.463 e. The van der Waals surface area contributed by atoms with Crippen molar-refractivity contribution in [1.29, 1.82) is 0 Å². The molecular formula is C38H48N4O5S. The molecule has 4 bridgehead atoms. The molecule has 48 heavy (non-hydrogen) atoms. The Labute approximate surface area is 285 Å². The second-order valence-corrected chi connectivity index (χ2v) is 16.8. The molecule has 2 aromatic carbocycles. The Kier molecular flexibility index (Phi) is 9.41. The van der Waals surface area contributed by atoms with Gasteiger partial charge >= 0.3 is 5.97 Å². The van der Waals surface area contributed by atoms with Crippen LogP contribution in [0.5, 0.6) is 0 Å². The molecule has 2 saturated carbocycles. The Balaban J connectivity index is 1.34. The highest BCUT2D eigenvalue weighted by Crippen LogP contribution is 2.61. The number of benzene rings is 2. The zero-order valence-corrected chi connectivity index (χ0v) is 29.8. The molecule has 1 aliphatic heterocycles. The SMILES string of the molecule is Cc1cccc(C)c1-c1cc2nc(n1)NS(=O)(=O)c1cccc(c1)C(=O)N(C1CC3(CC(CC(=O)OC(C)C)C3)C1)[C@H](CC(C)C)CC2. The van der Waals surface area contributed by atoms with Gasteiger partial charge in [0, 0.05) is 35.3 Å². The smallest absolute Gasteiger partial charge is 0.306 e. The van der Waals surface area contributed by atoms with E-state index in [1.54, 1.807) is 12.1 Å². The summed E-state index contributed by atoms with van der Waals surface area (Å²) >= 11 is 0. The number of hydrogen-bond acceptors (Lipinski definition) is 7. The number of rotatable bonds is 7. The molecule has 9 nitrogen and oxygen atoms in total. The standard InChI is InChI=1S/C38H48N4O5S/c1-23(2)15-30-14-13-29-18-33(35-25(5)9-7-10-26(35)6)40-37(39-29)41-48(45,46)32-12-8-11-28(17-32)36(44)42(30)31-21-38(22-31)19-27(20-38)16-34(43)47-24(3)4/h7-12,17-18,23-24,27,30-31H,13-16,19-22H2,1-6H3,(H,39,40,41)/t27?,30-,31?,38?/m0/s1. The number of nitrogens with zero attached hydrogens (tertiary/aromatic N) is 3. The van der Waals surface area contributed by atoms with Gasteiger partial charge < -0.3 is 9.64 Å². The van der Waals surface area contributed by atoms with Gasteiger partial charge in [0.1, 0.15) is 0 Å². The Morgan fingerprint density at radius 2 is 1.69 bits per heavy atom. The van der Waals surface area contributed by atoms with Crippen LogP contribution in [0.25, 0.3) is 11.3 Å². The fraction of sp³-hybridized carbons (Fsp3) is 0.526. The molecule has 1 aromatic heterocycles. The maximum Gasteiger partial charge on any atom is 0.306 e. The summed E-state index contributed by atoms with van der Waals surface area (Å²) in [6.07, 6.45) is 6.11. The number of sulfonamides is 1. The van der Waals surface area contributed by atoms with Crippen LogP contribution in [-0.4, -0.2) is 53.3 Å². The van der Waals surface area contributed by atoms with Gasteiger partial charge in [-0.15, -0.1) is 0 Å². The topological polar surface area (TPSA) is 119 Å². The predicted octanol–water partition coefficient (Wildman–Crippen LogP) is 7.26. The summed E-state index contributed by atoms with van der Waals surface area (Å²) in [5, 5.41) is 0. The third-order valence-corrected chi connectivity index (χ3v) is 11.6. The number of anilines is 1. The summed E-state index contributed by atoms with van der Waals surface area (Å²) in [6, 6.07) is 14.3. The lowest BCUT2D eigenvalue weighted by molar-refractivity contribution is -0.153. The molecule has 3 aliphatic rings. The summed E-state index contributed by atoms with van der Waals surface area (Å²) in [4.78, 5) is 38.2. The molecule has 1 N–H and O–H groups in total. The van der Waals surface area contributed by atoms with Crippen molar-refractivity contribution in [3.8, 4) is 11.3 Å². The molecule has 1 spiro atoms. The van der Waals surface area contributed by atoms with Crippen molar-refractivity contribution in [3.63, 3.8) is 0 Å². The third-order valence-electron chi connectivity index (χ3n) is 10.2. The van der Waals surface area contributed by atoms with Crippen molar-refractivity contribution in [2.45, 2.75) is 116 Å². The highest BCUT2D eigenvalue weighted by Gasteiger charge is 2.56. The lowest BCUT2D eigenvalue weighted by Gasteiger charge is -2.61. The lowest BCUT2D eigenvalue weighted by Crippen LogP contribution is -2.60. The minimum Gasteiger partial charge on any atom is -0.463 e. The van der Waals surface area contributed by atoms with E-state index >= 15 is 0 Å². The van der Waals surface area contributed by atoms with E-state index in [0.717, 1.165) is 54.5 Å². The van der Waals surface area contributed by atoms with E-state index in [-0.39, 0.29) is 46.3 Å². The number of carbonyl (C=O) groups excluding carboxylic acids is 2. The van der Waals surface area contributed by atoms with Crippen molar-refractivity contribution in [2.24, 2.45) is 17.3 Å². The first kappa shape index (κ1) is 34.1. The molecule has 0 unspecified atom stereocenters. The van der Waals surface area contributed by atoms with E-state index in [0.29, 0.717) is 42.4 Å². The van der Waals surface area contributed by atoms with Crippen LogP contribution in [0.2, 0.25) is 0 Å². The fourth-order valence-electron chi connectivity index (χ4n) is 8.33. The first-order valence-corrected chi connectivity index (χ1v) is 18.8. The van der Waals surface area contributed by atoms with Gasteiger partial charge in [0.05, 0.1) is 16.7 Å². The number of amides is 1. The van der Waals surface area contributed by atoms with Gasteiger partial charge in [-0.05, 0) is 125 Å². The molecule has 1 atom stereocenters. The summed E-state index contributed by atoms with van der Waals surface area (Å²) in [5.74, 6) is 0.416. The molecule has 2 heterocycles. The Morgan fingerprint density at radius 1 is 1.00 bits per heavy atom. The van der Waals surface area contributed by atoms with E-state index in [2.05, 4.69) is 23.5 Å². The summed E-state index contributed by atoms with van der Waals surface area (Å²) < 4.78 is 35.4. The number of ether oxygens (including phenoxy) is 1. The first-order chi connectivity index (χ1) is 22.7. The minimum atomic E-state index is -4.08. The quantitative estimate of drug-likeness (QED) is 0.262. The Hall–Kier alpha value is -3.79. The highest BCUT2D eigenvalue weighted by atomic mass is 32.2. The van der Waals surface area contributed by atoms with Gasteiger partial charge in [0.25, 0.3) is 15.9 Å². The van der Waals surface area contributed by atoms with Gasteiger partial charge in [-0.3, -0.25) is 9.59 Å². The van der Waals surface area contributed by atoms with E-state index < -0.39 is 10.0 Å². The van der Waals surface area contributed by atoms with Crippen LogP contribution >= 0.6 is 0 Å². The summed E-state index contributed by atoms with van der Waals surface area (Å²) in [7, 11) is -4.08. The average Bonchev–Trinajstić information content (AvgIpc) is 2.96. The van der Waals surface area contributed by atoms with Crippen LogP contribution in [0.15, 0.2) is 53.4 Å². The van der Waals surface area contributed by atoms with Crippen molar-refractivity contribution < 1.29 is 22.7 Å². The van der Waals surface area contributed by atoms with Crippen molar-refractivity contribution in [3.05, 3.63) is 70.9 Å². The molecule has 6 rings (SSSR count). The van der Waals surface area contributed by atoms with Gasteiger partial charge in [-0.1, -0.05) is 38.1 Å². The van der Waals surface area contributed by atoms with Gasteiger partial charge in [-0.25, -0.2) is 23.1 Å². The second kappa shape index (κ2) is 13.3. The number of aryl methyl sites for hydroxylation is 3. The summed E-state index contributed by atoms with van der Waals surface area (Å²) in [6.45, 7) is 12.1. The number of esters is 1. The number of hydrogen-bond donors (Lipinski definition) is 1. The van der Waals surface area contributed by atoms with Gasteiger partial charge in [0.2, 0.25) is 5.95 Å². The van der Waals surface area contributed by atoms with E-state index in [1.807, 2.05) is 52.0 Å². The Bertz CT molecular complexity index is 1790. The van der Waals surface area contributed by atoms with Crippen molar-refractivity contribution in [1.82, 2.24) is 14.9 Å². The van der Waals surface area contributed by atoms with Crippen molar-refractivity contribution in [2.75, 3.05) is 4.72 Å². The zero-order valence-electron chi connectivity index (χ0n) is 29.0. The number of nitrogens with one attached hydrogen (secondary N) is 1. The maximum atomic E-state index is 14.5. The van der Waals surface area contributed by atoms with Crippen LogP contribution in [0.3, 0.4) is 0 Å². The van der Waals surface area contributed by atoms with Crippen LogP contribution in [0, 0.1) is 31.1 Å². The zero-order chi connectivity index (χ0) is 34.4. The average molecular weight is 673 g/mol. The van der Waals surface area contributed by atoms with Crippen molar-refractivity contribution >= 4 is 27.8 Å². The van der Waals surface area contributed by atoms with E-state index in [4.69, 9.17) is 14.7 Å². The Morgan fingerprint density at radius 3 is 2.35 bits per heavy atom. The molecule has 256 valence electrons. The molecular weight excluding hydrogens is 625 g/mol. The van der Waals surface area contributed by atoms with Gasteiger partial charge in [-0.2, -0.15) is 0 Å². The molecule has 2 fully saturated rings. The minimum absolute atomic E-state index is 0.00391. The maximum absolute atomic E-state index is 14.5. The van der Waals surface area contributed by atoms with Crippen LogP contribution in [-0.2, 0) is 26.0 Å².